The molecule has 94 valence electrons. The Labute approximate surface area is 108 Å². The van der Waals surface area contributed by atoms with Crippen LogP contribution >= 0.6 is 0 Å². The number of hydrogen-bond acceptors (Lipinski definition) is 3. The van der Waals surface area contributed by atoms with Crippen LogP contribution in [-0.2, 0) is 0 Å². The van der Waals surface area contributed by atoms with Crippen LogP contribution in [0.2, 0.25) is 13.1 Å². The predicted octanol–water partition coefficient (Wildman–Crippen LogP) is 2.91. The molecule has 1 N–H and O–H groups in total. The summed E-state index contributed by atoms with van der Waals surface area (Å²) in [6.45, 7) is 6.25. The summed E-state index contributed by atoms with van der Waals surface area (Å²) in [5.74, 6) is 0.863. The van der Waals surface area contributed by atoms with Gasteiger partial charge in [-0.15, -0.1) is 0 Å². The van der Waals surface area contributed by atoms with Crippen molar-refractivity contribution in [1.82, 2.24) is 10.2 Å². The minimum absolute atomic E-state index is 0.863. The minimum Gasteiger partial charge on any atom is -0.546 e. The second-order valence-corrected chi connectivity index (χ2v) is 6.65. The van der Waals surface area contributed by atoms with E-state index in [2.05, 4.69) is 28.3 Å². The van der Waals surface area contributed by atoms with E-state index in [1.165, 1.54) is 0 Å². The van der Waals surface area contributed by atoms with Crippen LogP contribution in [0.25, 0.3) is 0 Å². The molecule has 1 aromatic heterocycles. The molecule has 1 aromatic carbocycles. The van der Waals surface area contributed by atoms with Gasteiger partial charge in [-0.2, -0.15) is 5.10 Å². The maximum Gasteiger partial charge on any atom is 0.229 e. The molecule has 0 aliphatic heterocycles. The number of aliphatic imine (C=N–C) groups is 1. The number of benzene rings is 1. The molecule has 4 nitrogen and oxygen atoms in total. The first kappa shape index (κ1) is 12.6. The average Bonchev–Trinajstić information content (AvgIpc) is 2.84. The Morgan fingerprint density at radius 1 is 1.33 bits per heavy atom. The number of rotatable bonds is 4. The lowest BCUT2D eigenvalue weighted by Crippen LogP contribution is -2.11. The lowest BCUT2D eigenvalue weighted by Gasteiger charge is -2.11. The van der Waals surface area contributed by atoms with Crippen molar-refractivity contribution < 1.29 is 4.43 Å². The quantitative estimate of drug-likeness (QED) is 0.678. The highest BCUT2D eigenvalue weighted by Gasteiger charge is 2.06. The van der Waals surface area contributed by atoms with Crippen molar-refractivity contribution in [3.05, 3.63) is 42.2 Å². The second-order valence-electron chi connectivity index (χ2n) is 4.32. The van der Waals surface area contributed by atoms with Crippen LogP contribution in [0.15, 0.2) is 41.7 Å². The number of aromatic nitrogens is 2. The Hall–Kier alpha value is -1.88. The largest absolute Gasteiger partial charge is 0.546 e. The van der Waals surface area contributed by atoms with Gasteiger partial charge in [-0.3, -0.25) is 5.10 Å². The van der Waals surface area contributed by atoms with Crippen molar-refractivity contribution in [2.45, 2.75) is 20.0 Å². The number of nitrogens with one attached hydrogen (secondary N) is 1. The van der Waals surface area contributed by atoms with Crippen LogP contribution in [0.1, 0.15) is 12.5 Å². The predicted molar refractivity (Wildman–Crippen MR) is 76.4 cm³/mol. The van der Waals surface area contributed by atoms with Crippen LogP contribution in [0.3, 0.4) is 0 Å². The van der Waals surface area contributed by atoms with Gasteiger partial charge in [-0.1, -0.05) is 12.1 Å². The molecule has 0 radical (unpaired) electrons. The molecule has 0 amide bonds. The maximum atomic E-state index is 5.87. The first-order valence-corrected chi connectivity index (χ1v) is 8.75. The van der Waals surface area contributed by atoms with E-state index in [4.69, 9.17) is 4.43 Å². The highest BCUT2D eigenvalue weighted by molar-refractivity contribution is 6.49. The van der Waals surface area contributed by atoms with Gasteiger partial charge in [0.1, 0.15) is 11.4 Å². The van der Waals surface area contributed by atoms with Crippen molar-refractivity contribution in [2.75, 3.05) is 0 Å². The molecule has 0 aliphatic rings. The van der Waals surface area contributed by atoms with Crippen molar-refractivity contribution in [3.8, 4) is 5.75 Å². The fraction of sp³-hybridized carbons (Fsp3) is 0.231. The number of para-hydroxylation sites is 2. The zero-order chi connectivity index (χ0) is 13.0. The van der Waals surface area contributed by atoms with E-state index in [-0.39, 0.29) is 0 Å². The molecule has 0 saturated carbocycles. The summed E-state index contributed by atoms with van der Waals surface area (Å²) in [5, 5.41) is 6.71. The van der Waals surface area contributed by atoms with Gasteiger partial charge in [0.05, 0.1) is 6.20 Å². The Bertz CT molecular complexity index is 535. The van der Waals surface area contributed by atoms with Crippen molar-refractivity contribution >= 4 is 20.4 Å². The van der Waals surface area contributed by atoms with Crippen LogP contribution in [0.5, 0.6) is 5.75 Å². The second kappa shape index (κ2) is 5.64. The number of hydrogen-bond donors (Lipinski definition) is 1. The van der Waals surface area contributed by atoms with E-state index in [1.54, 1.807) is 6.20 Å². The van der Waals surface area contributed by atoms with E-state index in [9.17, 15) is 0 Å². The molecule has 18 heavy (non-hydrogen) atoms. The van der Waals surface area contributed by atoms with E-state index in [0.29, 0.717) is 0 Å². The number of aromatic amines is 1. The maximum absolute atomic E-state index is 5.87. The van der Waals surface area contributed by atoms with Crippen LogP contribution < -0.4 is 4.43 Å². The molecule has 2 aromatic rings. The molecule has 2 rings (SSSR count). The lowest BCUT2D eigenvalue weighted by atomic mass is 10.2. The normalized spacial score (nSPS) is 11.9. The van der Waals surface area contributed by atoms with Gasteiger partial charge in [-0.05, 0) is 32.2 Å². The molecule has 0 spiro atoms. The molecule has 0 aliphatic carbocycles. The number of nitrogens with zero attached hydrogens (tertiary/aromatic N) is 2. The topological polar surface area (TPSA) is 50.3 Å². The summed E-state index contributed by atoms with van der Waals surface area (Å²) in [5.41, 5.74) is 2.79. The van der Waals surface area contributed by atoms with Crippen molar-refractivity contribution in [1.29, 1.82) is 0 Å². The summed E-state index contributed by atoms with van der Waals surface area (Å²) < 4.78 is 5.87. The van der Waals surface area contributed by atoms with Crippen LogP contribution in [0.4, 0.5) is 5.69 Å². The zero-order valence-corrected chi connectivity index (χ0v) is 12.0. The SMILES string of the molecule is CC(=Nc1ccccc1O[SiH](C)C)c1cn[nH]c1. The molecule has 1 heterocycles. The summed E-state index contributed by atoms with van der Waals surface area (Å²) in [6.07, 6.45) is 3.60. The molecular weight excluding hydrogens is 242 g/mol. The van der Waals surface area contributed by atoms with E-state index < -0.39 is 9.04 Å². The standard InChI is InChI=1S/C13H17N3OSi/c1-10(11-8-14-15-9-11)16-12-6-4-5-7-13(12)17-18(2)3/h4-9,18H,1-3H3,(H,14,15). The third-order valence-corrected chi connectivity index (χ3v) is 3.16. The molecule has 5 heteroatoms. The van der Waals surface area contributed by atoms with E-state index in [0.717, 1.165) is 22.7 Å². The van der Waals surface area contributed by atoms with Crippen LogP contribution in [-0.4, -0.2) is 24.9 Å². The lowest BCUT2D eigenvalue weighted by molar-refractivity contribution is 0.582. The van der Waals surface area contributed by atoms with Crippen LogP contribution in [0, 0.1) is 0 Å². The van der Waals surface area contributed by atoms with E-state index >= 15 is 0 Å². The summed E-state index contributed by atoms with van der Waals surface area (Å²) >= 11 is 0. The van der Waals surface area contributed by atoms with E-state index in [1.807, 2.05) is 37.4 Å². The monoisotopic (exact) mass is 259 g/mol. The third-order valence-electron chi connectivity index (χ3n) is 2.43. The fourth-order valence-electron chi connectivity index (χ4n) is 1.60. The minimum atomic E-state index is -1.12. The third kappa shape index (κ3) is 3.07. The highest BCUT2D eigenvalue weighted by Crippen LogP contribution is 2.28. The number of H-pyrrole nitrogens is 1. The fourth-order valence-corrected chi connectivity index (χ4v) is 2.30. The van der Waals surface area contributed by atoms with Gasteiger partial charge in [0.2, 0.25) is 9.04 Å². The highest BCUT2D eigenvalue weighted by atomic mass is 28.3. The first-order valence-electron chi connectivity index (χ1n) is 5.97. The summed E-state index contributed by atoms with van der Waals surface area (Å²) in [7, 11) is -1.12. The Balaban J connectivity index is 2.31. The summed E-state index contributed by atoms with van der Waals surface area (Å²) in [6, 6.07) is 7.87. The first-order chi connectivity index (χ1) is 8.66. The van der Waals surface area contributed by atoms with Crippen molar-refractivity contribution in [2.24, 2.45) is 4.99 Å². The van der Waals surface area contributed by atoms with Gasteiger partial charge >= 0.3 is 0 Å². The molecular formula is C13H17N3OSi. The summed E-state index contributed by atoms with van der Waals surface area (Å²) in [4.78, 5) is 4.61. The Morgan fingerprint density at radius 3 is 2.78 bits per heavy atom. The zero-order valence-electron chi connectivity index (χ0n) is 10.8. The van der Waals surface area contributed by atoms with Gasteiger partial charge in [0.25, 0.3) is 0 Å². The smallest absolute Gasteiger partial charge is 0.229 e. The molecule has 0 atom stereocenters. The van der Waals surface area contributed by atoms with Gasteiger partial charge < -0.3 is 4.43 Å². The molecule has 0 bridgehead atoms. The Kier molecular flexibility index (Phi) is 3.94. The molecule has 0 unspecified atom stereocenters. The van der Waals surface area contributed by atoms with Gasteiger partial charge in [0, 0.05) is 17.5 Å². The Morgan fingerprint density at radius 2 is 2.11 bits per heavy atom. The van der Waals surface area contributed by atoms with Crippen molar-refractivity contribution in [3.63, 3.8) is 0 Å². The molecule has 0 saturated heterocycles. The average molecular weight is 259 g/mol. The van der Waals surface area contributed by atoms with Gasteiger partial charge in [0.15, 0.2) is 0 Å². The van der Waals surface area contributed by atoms with Gasteiger partial charge in [-0.25, -0.2) is 4.99 Å². The molecule has 0 fully saturated rings.